The fourth-order valence-electron chi connectivity index (χ4n) is 3.93. The van der Waals surface area contributed by atoms with Crippen molar-refractivity contribution in [1.29, 1.82) is 0 Å². The summed E-state index contributed by atoms with van der Waals surface area (Å²) in [6.45, 7) is 0. The number of sulfone groups is 1. The Morgan fingerprint density at radius 1 is 1.15 bits per heavy atom. The Hall–Kier alpha value is -1.96. The molecule has 0 aromatic heterocycles. The van der Waals surface area contributed by atoms with E-state index in [4.69, 9.17) is 0 Å². The van der Waals surface area contributed by atoms with Crippen molar-refractivity contribution in [1.82, 2.24) is 0 Å². The zero-order valence-corrected chi connectivity index (χ0v) is 15.7. The van der Waals surface area contributed by atoms with Gasteiger partial charge in [-0.2, -0.15) is 0 Å². The Morgan fingerprint density at radius 2 is 1.88 bits per heavy atom. The average Bonchev–Trinajstić information content (AvgIpc) is 3.10. The zero-order valence-electron chi connectivity index (χ0n) is 14.1. The van der Waals surface area contributed by atoms with Crippen LogP contribution in [0.4, 0.5) is 5.69 Å². The van der Waals surface area contributed by atoms with Crippen molar-refractivity contribution in [3.8, 4) is 0 Å². The lowest BCUT2D eigenvalue weighted by molar-refractivity contribution is 0.425. The predicted molar refractivity (Wildman–Crippen MR) is 99.5 cm³/mol. The Labute approximate surface area is 155 Å². The maximum absolute atomic E-state index is 11.7. The highest BCUT2D eigenvalue weighted by molar-refractivity contribution is 7.90. The van der Waals surface area contributed by atoms with Crippen molar-refractivity contribution in [3.05, 3.63) is 65.7 Å². The summed E-state index contributed by atoms with van der Waals surface area (Å²) in [5.41, 5.74) is 2.94. The number of allylic oxidation sites excluding steroid dienone is 2. The molecule has 136 valence electrons. The lowest BCUT2D eigenvalue weighted by atomic mass is 9.77. The van der Waals surface area contributed by atoms with Crippen LogP contribution in [0.2, 0.25) is 0 Å². The number of rotatable bonds is 3. The largest absolute Gasteiger partial charge is 0.768 e. The van der Waals surface area contributed by atoms with E-state index in [-0.39, 0.29) is 17.9 Å². The molecule has 0 saturated carbocycles. The van der Waals surface area contributed by atoms with Gasteiger partial charge in [-0.1, -0.05) is 24.3 Å². The summed E-state index contributed by atoms with van der Waals surface area (Å²) in [7, 11) is -3.22. The molecule has 0 fully saturated rings. The predicted octanol–water partition coefficient (Wildman–Crippen LogP) is 3.15. The van der Waals surface area contributed by atoms with E-state index in [1.807, 2.05) is 12.1 Å². The highest BCUT2D eigenvalue weighted by atomic mass is 32.2. The van der Waals surface area contributed by atoms with E-state index in [1.54, 1.807) is 30.3 Å². The van der Waals surface area contributed by atoms with Crippen LogP contribution in [-0.2, 0) is 20.9 Å². The summed E-state index contributed by atoms with van der Waals surface area (Å²) < 4.78 is 45.9. The van der Waals surface area contributed by atoms with Gasteiger partial charge < -0.3 is 9.87 Å². The molecule has 2 aromatic rings. The molecule has 1 aliphatic carbocycles. The molecule has 2 aromatic carbocycles. The monoisotopic (exact) mass is 388 g/mol. The minimum atomic E-state index is -3.22. The average molecular weight is 388 g/mol. The van der Waals surface area contributed by atoms with E-state index in [0.717, 1.165) is 23.2 Å². The van der Waals surface area contributed by atoms with Crippen LogP contribution in [0.1, 0.15) is 29.5 Å². The van der Waals surface area contributed by atoms with Crippen molar-refractivity contribution in [2.24, 2.45) is 5.92 Å². The molecule has 1 aliphatic heterocycles. The van der Waals surface area contributed by atoms with Gasteiger partial charge in [0.2, 0.25) is 0 Å². The summed E-state index contributed by atoms with van der Waals surface area (Å²) in [5, 5.41) is 3.52. The van der Waals surface area contributed by atoms with E-state index in [1.165, 1.54) is 6.26 Å². The smallest absolute Gasteiger partial charge is 0.175 e. The first-order chi connectivity index (χ1) is 12.3. The van der Waals surface area contributed by atoms with E-state index < -0.39 is 20.9 Å². The Kier molecular flexibility index (Phi) is 4.25. The fraction of sp³-hybridized carbons (Fsp3) is 0.263. The molecular weight excluding hydrogens is 370 g/mol. The minimum absolute atomic E-state index is 0.0414. The van der Waals surface area contributed by atoms with Crippen LogP contribution in [0.5, 0.6) is 0 Å². The van der Waals surface area contributed by atoms with Gasteiger partial charge in [0.05, 0.1) is 10.9 Å². The number of hydrogen-bond acceptors (Lipinski definition) is 5. The van der Waals surface area contributed by atoms with Crippen LogP contribution in [0.15, 0.2) is 64.4 Å². The molecule has 0 spiro atoms. The highest BCUT2D eigenvalue weighted by Gasteiger charge is 2.38. The number of anilines is 1. The molecule has 7 heteroatoms. The number of hydrogen-bond donors (Lipinski definition) is 1. The standard InChI is InChI=1S/C19H19NO4S2/c1-26(23,24)14-8-5-12(6-9-14)19-16-4-2-3-15(16)17-11-13(25(21)22)7-10-18(17)20-19/h2-3,5-11,15-16,19-20H,4H2,1H3,(H,21,22)/p-1/t15-,16+,19-/m0/s1. The van der Waals surface area contributed by atoms with Gasteiger partial charge in [-0.05, 0) is 64.9 Å². The van der Waals surface area contributed by atoms with Gasteiger partial charge in [-0.25, -0.2) is 8.42 Å². The second kappa shape index (κ2) is 6.33. The van der Waals surface area contributed by atoms with Crippen molar-refractivity contribution in [2.45, 2.75) is 28.2 Å². The van der Waals surface area contributed by atoms with Gasteiger partial charge in [0.1, 0.15) is 0 Å². The molecule has 0 saturated heterocycles. The summed E-state index contributed by atoms with van der Waals surface area (Å²) in [4.78, 5) is 0.599. The number of benzene rings is 2. The normalized spacial score (nSPS) is 25.2. The summed E-state index contributed by atoms with van der Waals surface area (Å²) >= 11 is -2.25. The SMILES string of the molecule is CS(=O)(=O)c1ccc([C@@H]2Nc3ccc(S(=O)[O-])cc3[C@H]3C=CC[C@H]32)cc1. The zero-order chi connectivity index (χ0) is 18.5. The Bertz CT molecular complexity index is 1010. The first-order valence-corrected chi connectivity index (χ1v) is 11.3. The molecule has 26 heavy (non-hydrogen) atoms. The third-order valence-electron chi connectivity index (χ3n) is 5.19. The van der Waals surface area contributed by atoms with E-state index in [9.17, 15) is 17.2 Å². The van der Waals surface area contributed by atoms with Gasteiger partial charge in [0.15, 0.2) is 9.84 Å². The molecule has 4 atom stereocenters. The van der Waals surface area contributed by atoms with Crippen LogP contribution in [-0.4, -0.2) is 23.4 Å². The van der Waals surface area contributed by atoms with Crippen molar-refractivity contribution in [2.75, 3.05) is 11.6 Å². The van der Waals surface area contributed by atoms with Crippen LogP contribution < -0.4 is 5.32 Å². The molecule has 1 heterocycles. The third-order valence-corrected chi connectivity index (χ3v) is 6.96. The minimum Gasteiger partial charge on any atom is -0.768 e. The topological polar surface area (TPSA) is 86.3 Å². The first kappa shape index (κ1) is 17.5. The van der Waals surface area contributed by atoms with Gasteiger partial charge in [0.25, 0.3) is 0 Å². The third kappa shape index (κ3) is 3.00. The van der Waals surface area contributed by atoms with Crippen molar-refractivity contribution in [3.63, 3.8) is 0 Å². The molecule has 1 unspecified atom stereocenters. The lowest BCUT2D eigenvalue weighted by Gasteiger charge is -2.38. The molecule has 4 rings (SSSR count). The van der Waals surface area contributed by atoms with Crippen LogP contribution in [0.3, 0.4) is 0 Å². The van der Waals surface area contributed by atoms with Crippen molar-refractivity contribution < 1.29 is 17.2 Å². The molecule has 5 nitrogen and oxygen atoms in total. The first-order valence-electron chi connectivity index (χ1n) is 8.31. The second-order valence-electron chi connectivity index (χ2n) is 6.80. The molecule has 2 aliphatic rings. The van der Waals surface area contributed by atoms with E-state index >= 15 is 0 Å². The van der Waals surface area contributed by atoms with E-state index in [0.29, 0.717) is 9.79 Å². The summed E-state index contributed by atoms with van der Waals surface area (Å²) in [5.74, 6) is 0.413. The summed E-state index contributed by atoms with van der Waals surface area (Å²) in [6.07, 6.45) is 6.36. The van der Waals surface area contributed by atoms with Crippen LogP contribution in [0, 0.1) is 5.92 Å². The Morgan fingerprint density at radius 3 is 2.54 bits per heavy atom. The highest BCUT2D eigenvalue weighted by Crippen LogP contribution is 2.50. The molecular formula is C19H18NO4S2-. The van der Waals surface area contributed by atoms with Crippen LogP contribution in [0.25, 0.3) is 0 Å². The molecule has 0 amide bonds. The maximum Gasteiger partial charge on any atom is 0.175 e. The Balaban J connectivity index is 1.73. The second-order valence-corrected chi connectivity index (χ2v) is 9.76. The van der Waals surface area contributed by atoms with Gasteiger partial charge in [0, 0.05) is 22.8 Å². The molecule has 1 N–H and O–H groups in total. The number of nitrogens with one attached hydrogen (secondary N) is 1. The van der Waals surface area contributed by atoms with Crippen molar-refractivity contribution >= 4 is 26.6 Å². The van der Waals surface area contributed by atoms with E-state index in [2.05, 4.69) is 17.5 Å². The fourth-order valence-corrected chi connectivity index (χ4v) is 4.96. The molecule has 0 radical (unpaired) electrons. The van der Waals surface area contributed by atoms with Crippen LogP contribution >= 0.6 is 0 Å². The lowest BCUT2D eigenvalue weighted by Crippen LogP contribution is -2.29. The van der Waals surface area contributed by atoms with Gasteiger partial charge in [-0.15, -0.1) is 0 Å². The van der Waals surface area contributed by atoms with Gasteiger partial charge >= 0.3 is 0 Å². The molecule has 0 bridgehead atoms. The quantitative estimate of drug-likeness (QED) is 0.645. The number of fused-ring (bicyclic) bond motifs is 3. The summed E-state index contributed by atoms with van der Waals surface area (Å²) in [6, 6.07) is 12.2. The van der Waals surface area contributed by atoms with Gasteiger partial charge in [-0.3, -0.25) is 4.21 Å². The maximum atomic E-state index is 11.7.